The number of fused-ring (bicyclic) bond motifs is 1. The predicted octanol–water partition coefficient (Wildman–Crippen LogP) is 3.40. The third-order valence-electron chi connectivity index (χ3n) is 6.22. The Bertz CT molecular complexity index is 1110. The standard InChI is InChI=1S/C25H29N5O2/c1-16(12-26)28-13-17-7-8-22-21(9-17)25(2,3)15-30(22)24(32)18-10-23(31)29(14-18)20-6-4-5-19(27)11-20/h4-9,11-13,16,18,26H,10,14-15,27H2,1-3H3. The maximum Gasteiger partial charge on any atom is 0.232 e. The number of amides is 2. The van der Waals surface area contributed by atoms with E-state index in [9.17, 15) is 9.59 Å². The molecule has 2 aliphatic heterocycles. The van der Waals surface area contributed by atoms with Crippen LogP contribution in [0.3, 0.4) is 0 Å². The molecule has 1 fully saturated rings. The highest BCUT2D eigenvalue weighted by Crippen LogP contribution is 2.42. The molecule has 2 aromatic rings. The van der Waals surface area contributed by atoms with Crippen LogP contribution in [0, 0.1) is 11.3 Å². The van der Waals surface area contributed by atoms with Gasteiger partial charge in [-0.3, -0.25) is 14.6 Å². The van der Waals surface area contributed by atoms with Crippen molar-refractivity contribution in [3.8, 4) is 0 Å². The molecule has 2 unspecified atom stereocenters. The molecule has 0 radical (unpaired) electrons. The average molecular weight is 432 g/mol. The molecule has 4 rings (SSSR count). The van der Waals surface area contributed by atoms with Gasteiger partial charge in [-0.15, -0.1) is 0 Å². The number of nitrogens with one attached hydrogen (secondary N) is 1. The van der Waals surface area contributed by atoms with Gasteiger partial charge in [0.2, 0.25) is 11.8 Å². The zero-order valence-corrected chi connectivity index (χ0v) is 18.7. The van der Waals surface area contributed by atoms with Crippen LogP contribution in [0.1, 0.15) is 38.3 Å². The number of anilines is 3. The molecule has 0 bridgehead atoms. The van der Waals surface area contributed by atoms with Crippen LogP contribution in [0.15, 0.2) is 47.5 Å². The third-order valence-corrected chi connectivity index (χ3v) is 6.22. The molecule has 166 valence electrons. The summed E-state index contributed by atoms with van der Waals surface area (Å²) in [6, 6.07) is 13.0. The summed E-state index contributed by atoms with van der Waals surface area (Å²) in [5.41, 5.74) is 9.92. The summed E-state index contributed by atoms with van der Waals surface area (Å²) in [6.45, 7) is 7.04. The molecule has 3 N–H and O–H groups in total. The number of carbonyl (C=O) groups excluding carboxylic acids is 2. The lowest BCUT2D eigenvalue weighted by Crippen LogP contribution is -2.39. The predicted molar refractivity (Wildman–Crippen MR) is 129 cm³/mol. The monoisotopic (exact) mass is 431 g/mol. The van der Waals surface area contributed by atoms with Gasteiger partial charge >= 0.3 is 0 Å². The van der Waals surface area contributed by atoms with E-state index in [2.05, 4.69) is 24.9 Å². The Kier molecular flexibility index (Phi) is 5.59. The smallest absolute Gasteiger partial charge is 0.232 e. The van der Waals surface area contributed by atoms with Crippen LogP contribution in [-0.2, 0) is 15.0 Å². The minimum atomic E-state index is -0.389. The SMILES string of the molecule is CC(C=N)N=Cc1ccc2c(c1)C(C)(C)CN2C(=O)C1CC(=O)N(c2cccc(N)c2)C1. The van der Waals surface area contributed by atoms with E-state index >= 15 is 0 Å². The summed E-state index contributed by atoms with van der Waals surface area (Å²) >= 11 is 0. The zero-order chi connectivity index (χ0) is 23.0. The number of carbonyl (C=O) groups is 2. The first kappa shape index (κ1) is 21.7. The largest absolute Gasteiger partial charge is 0.399 e. The molecule has 7 nitrogen and oxygen atoms in total. The van der Waals surface area contributed by atoms with Gasteiger partial charge in [-0.2, -0.15) is 0 Å². The van der Waals surface area contributed by atoms with E-state index in [1.54, 1.807) is 23.2 Å². The number of rotatable bonds is 5. The third kappa shape index (κ3) is 4.02. The molecular weight excluding hydrogens is 402 g/mol. The van der Waals surface area contributed by atoms with Gasteiger partial charge in [0.05, 0.1) is 12.0 Å². The number of nitrogens with two attached hydrogens (primary N) is 1. The first-order valence-corrected chi connectivity index (χ1v) is 10.8. The average Bonchev–Trinajstić information content (AvgIpc) is 3.28. The van der Waals surface area contributed by atoms with Crippen molar-refractivity contribution < 1.29 is 9.59 Å². The van der Waals surface area contributed by atoms with Gasteiger partial charge in [0, 0.05) is 54.4 Å². The van der Waals surface area contributed by atoms with Gasteiger partial charge in [0.15, 0.2) is 0 Å². The molecule has 0 saturated carbocycles. The second kappa shape index (κ2) is 8.22. The van der Waals surface area contributed by atoms with E-state index in [0.717, 1.165) is 22.5 Å². The summed E-state index contributed by atoms with van der Waals surface area (Å²) < 4.78 is 0. The summed E-state index contributed by atoms with van der Waals surface area (Å²) in [4.78, 5) is 34.0. The molecule has 1 saturated heterocycles. The summed E-state index contributed by atoms with van der Waals surface area (Å²) in [7, 11) is 0. The summed E-state index contributed by atoms with van der Waals surface area (Å²) in [5, 5.41) is 7.29. The number of benzene rings is 2. The van der Waals surface area contributed by atoms with Crippen molar-refractivity contribution in [1.82, 2.24) is 0 Å². The molecule has 7 heteroatoms. The van der Waals surface area contributed by atoms with E-state index in [-0.39, 0.29) is 35.6 Å². The number of aliphatic imine (C=N–C) groups is 1. The summed E-state index contributed by atoms with van der Waals surface area (Å²) in [6.07, 6.45) is 3.27. The Labute approximate surface area is 188 Å². The first-order chi connectivity index (χ1) is 15.2. The molecule has 2 aromatic carbocycles. The van der Waals surface area contributed by atoms with Crippen molar-refractivity contribution >= 4 is 41.3 Å². The van der Waals surface area contributed by atoms with Gasteiger partial charge in [-0.25, -0.2) is 0 Å². The van der Waals surface area contributed by atoms with Gasteiger partial charge in [0.1, 0.15) is 0 Å². The summed E-state index contributed by atoms with van der Waals surface area (Å²) in [5.74, 6) is -0.463. The highest BCUT2D eigenvalue weighted by molar-refractivity contribution is 6.05. The second-order valence-electron chi connectivity index (χ2n) is 9.27. The molecule has 32 heavy (non-hydrogen) atoms. The van der Waals surface area contributed by atoms with E-state index in [1.165, 1.54) is 6.21 Å². The molecular formula is C25H29N5O2. The minimum absolute atomic E-state index is 0.0181. The van der Waals surface area contributed by atoms with Gasteiger partial charge < -0.3 is 20.9 Å². The van der Waals surface area contributed by atoms with Crippen molar-refractivity contribution in [2.24, 2.45) is 10.9 Å². The number of hydrogen-bond donors (Lipinski definition) is 2. The first-order valence-electron chi connectivity index (χ1n) is 10.8. The lowest BCUT2D eigenvalue weighted by molar-refractivity contribution is -0.124. The van der Waals surface area contributed by atoms with Crippen molar-refractivity contribution in [2.75, 3.05) is 28.6 Å². The van der Waals surface area contributed by atoms with Crippen molar-refractivity contribution in [2.45, 2.75) is 38.6 Å². The van der Waals surface area contributed by atoms with Gasteiger partial charge in [0.25, 0.3) is 0 Å². The fourth-order valence-corrected chi connectivity index (χ4v) is 4.46. The highest BCUT2D eigenvalue weighted by atomic mass is 16.2. The molecule has 2 amide bonds. The lowest BCUT2D eigenvalue weighted by Gasteiger charge is -2.23. The van der Waals surface area contributed by atoms with Crippen LogP contribution in [0.4, 0.5) is 17.1 Å². The van der Waals surface area contributed by atoms with Crippen LogP contribution in [0.2, 0.25) is 0 Å². The van der Waals surface area contributed by atoms with Crippen LogP contribution >= 0.6 is 0 Å². The van der Waals surface area contributed by atoms with Crippen LogP contribution in [0.25, 0.3) is 0 Å². The van der Waals surface area contributed by atoms with Crippen molar-refractivity contribution in [3.63, 3.8) is 0 Å². The van der Waals surface area contributed by atoms with E-state index in [4.69, 9.17) is 11.1 Å². The Morgan fingerprint density at radius 2 is 2.06 bits per heavy atom. The Hall–Kier alpha value is -3.48. The van der Waals surface area contributed by atoms with Crippen LogP contribution in [0.5, 0.6) is 0 Å². The highest BCUT2D eigenvalue weighted by Gasteiger charge is 2.43. The number of hydrogen-bond acceptors (Lipinski definition) is 5. The molecule has 2 heterocycles. The quantitative estimate of drug-likeness (QED) is 0.560. The second-order valence-corrected chi connectivity index (χ2v) is 9.27. The topological polar surface area (TPSA) is 103 Å². The maximum absolute atomic E-state index is 13.5. The maximum atomic E-state index is 13.5. The zero-order valence-electron chi connectivity index (χ0n) is 18.7. The molecule has 2 aliphatic rings. The Morgan fingerprint density at radius 3 is 2.78 bits per heavy atom. The van der Waals surface area contributed by atoms with Crippen LogP contribution < -0.4 is 15.5 Å². The molecule has 0 aliphatic carbocycles. The van der Waals surface area contributed by atoms with Crippen molar-refractivity contribution in [1.29, 1.82) is 5.41 Å². The van der Waals surface area contributed by atoms with Gasteiger partial charge in [-0.1, -0.05) is 26.0 Å². The number of nitrogens with zero attached hydrogens (tertiary/aromatic N) is 3. The molecule has 2 atom stereocenters. The van der Waals surface area contributed by atoms with Crippen molar-refractivity contribution in [3.05, 3.63) is 53.6 Å². The van der Waals surface area contributed by atoms with E-state index in [0.29, 0.717) is 18.8 Å². The van der Waals surface area contributed by atoms with Gasteiger partial charge in [-0.05, 0) is 48.4 Å². The molecule has 0 spiro atoms. The Morgan fingerprint density at radius 1 is 1.28 bits per heavy atom. The normalized spacial score (nSPS) is 20.6. The van der Waals surface area contributed by atoms with E-state index < -0.39 is 0 Å². The van der Waals surface area contributed by atoms with E-state index in [1.807, 2.05) is 36.1 Å². The number of nitrogen functional groups attached to an aromatic ring is 1. The molecule has 0 aromatic heterocycles. The fourth-order valence-electron chi connectivity index (χ4n) is 4.46. The Balaban J connectivity index is 1.56. The lowest BCUT2D eigenvalue weighted by atomic mass is 9.86. The van der Waals surface area contributed by atoms with Crippen LogP contribution in [-0.4, -0.2) is 43.4 Å². The minimum Gasteiger partial charge on any atom is -0.399 e. The fraction of sp³-hybridized carbons (Fsp3) is 0.360.